The summed E-state index contributed by atoms with van der Waals surface area (Å²) in [6.07, 6.45) is 8.29. The molecule has 0 aromatic rings. The van der Waals surface area contributed by atoms with Crippen LogP contribution in [-0.2, 0) is 4.74 Å². The predicted octanol–water partition coefficient (Wildman–Crippen LogP) is 3.68. The topological polar surface area (TPSA) is 24.5 Å². The molecule has 0 saturated carbocycles. The van der Waals surface area contributed by atoms with Gasteiger partial charge in [-0.2, -0.15) is 0 Å². The van der Waals surface area contributed by atoms with E-state index in [1.807, 2.05) is 0 Å². The van der Waals surface area contributed by atoms with Crippen LogP contribution >= 0.6 is 0 Å². The van der Waals surface area contributed by atoms with Crippen LogP contribution in [0.15, 0.2) is 0 Å². The molecule has 1 aliphatic heterocycles. The summed E-state index contributed by atoms with van der Waals surface area (Å²) in [5.74, 6) is 0.861. The van der Waals surface area contributed by atoms with Gasteiger partial charge in [0.15, 0.2) is 0 Å². The Bertz CT molecular complexity index is 245. The Morgan fingerprint density at radius 3 is 2.71 bits per heavy atom. The van der Waals surface area contributed by atoms with Crippen LogP contribution in [-0.4, -0.2) is 49.8 Å². The van der Waals surface area contributed by atoms with E-state index < -0.39 is 0 Å². The third kappa shape index (κ3) is 9.49. The van der Waals surface area contributed by atoms with E-state index in [1.54, 1.807) is 0 Å². The lowest BCUT2D eigenvalue weighted by atomic mass is 10.0. The first-order valence-corrected chi connectivity index (χ1v) is 9.19. The molecule has 0 aliphatic carbocycles. The van der Waals surface area contributed by atoms with Crippen molar-refractivity contribution in [3.05, 3.63) is 0 Å². The first-order valence-electron chi connectivity index (χ1n) is 9.19. The van der Waals surface area contributed by atoms with Gasteiger partial charge in [-0.25, -0.2) is 0 Å². The summed E-state index contributed by atoms with van der Waals surface area (Å²) in [6.45, 7) is 14.7. The van der Waals surface area contributed by atoms with Crippen molar-refractivity contribution in [3.63, 3.8) is 0 Å². The smallest absolute Gasteiger partial charge is 0.0702 e. The van der Waals surface area contributed by atoms with Crippen molar-refractivity contribution in [2.45, 2.75) is 78.4 Å². The molecule has 1 fully saturated rings. The molecule has 21 heavy (non-hydrogen) atoms. The van der Waals surface area contributed by atoms with Gasteiger partial charge in [-0.1, -0.05) is 47.0 Å². The molecule has 1 saturated heterocycles. The fraction of sp³-hybridized carbons (Fsp3) is 1.00. The zero-order valence-corrected chi connectivity index (χ0v) is 14.9. The molecule has 1 rings (SSSR count). The van der Waals surface area contributed by atoms with Crippen molar-refractivity contribution < 1.29 is 4.74 Å². The van der Waals surface area contributed by atoms with Crippen molar-refractivity contribution >= 4 is 0 Å². The van der Waals surface area contributed by atoms with Crippen molar-refractivity contribution in [2.75, 3.05) is 32.8 Å². The molecule has 2 unspecified atom stereocenters. The highest BCUT2D eigenvalue weighted by Gasteiger charge is 2.19. The maximum atomic E-state index is 5.93. The second-order valence-corrected chi connectivity index (χ2v) is 7.05. The minimum atomic E-state index is 0.480. The van der Waals surface area contributed by atoms with Crippen LogP contribution in [0.4, 0.5) is 0 Å². The molecule has 3 nitrogen and oxygen atoms in total. The van der Waals surface area contributed by atoms with E-state index in [1.165, 1.54) is 45.1 Å². The Morgan fingerprint density at radius 1 is 1.19 bits per heavy atom. The zero-order valence-electron chi connectivity index (χ0n) is 14.9. The summed E-state index contributed by atoms with van der Waals surface area (Å²) in [7, 11) is 0. The van der Waals surface area contributed by atoms with Gasteiger partial charge in [0.2, 0.25) is 0 Å². The van der Waals surface area contributed by atoms with E-state index in [9.17, 15) is 0 Å². The van der Waals surface area contributed by atoms with Crippen LogP contribution in [0.25, 0.3) is 0 Å². The molecule has 1 aliphatic rings. The van der Waals surface area contributed by atoms with Crippen LogP contribution in [0, 0.1) is 5.92 Å². The van der Waals surface area contributed by atoms with Crippen LogP contribution in [0.2, 0.25) is 0 Å². The standard InChI is InChI=1S/C18H38N2O/c1-5-17(4)10-12-20-13-14-21-18(15-20)9-7-6-8-11-19-16(2)3/h16-19H,5-15H2,1-4H3. The van der Waals surface area contributed by atoms with Gasteiger partial charge >= 0.3 is 0 Å². The number of ether oxygens (including phenoxy) is 1. The Kier molecular flexibility index (Phi) is 10.3. The molecule has 2 atom stereocenters. The van der Waals surface area contributed by atoms with E-state index in [4.69, 9.17) is 4.74 Å². The third-order valence-corrected chi connectivity index (χ3v) is 4.61. The Balaban J connectivity index is 2.04. The van der Waals surface area contributed by atoms with E-state index >= 15 is 0 Å². The second-order valence-electron chi connectivity index (χ2n) is 7.05. The molecule has 1 N–H and O–H groups in total. The van der Waals surface area contributed by atoms with Gasteiger partial charge in [-0.15, -0.1) is 0 Å². The normalized spacial score (nSPS) is 21.9. The molecule has 126 valence electrons. The summed E-state index contributed by atoms with van der Waals surface area (Å²) >= 11 is 0. The molecule has 0 aromatic carbocycles. The summed E-state index contributed by atoms with van der Waals surface area (Å²) in [4.78, 5) is 2.61. The Labute approximate surface area is 132 Å². The summed E-state index contributed by atoms with van der Waals surface area (Å²) < 4.78 is 5.93. The maximum absolute atomic E-state index is 5.93. The number of hydrogen-bond donors (Lipinski definition) is 1. The summed E-state index contributed by atoms with van der Waals surface area (Å²) in [6, 6.07) is 0.616. The molecular weight excluding hydrogens is 260 g/mol. The molecular formula is C18H38N2O. The van der Waals surface area contributed by atoms with Crippen LogP contribution < -0.4 is 5.32 Å². The molecule has 0 aromatic heterocycles. The van der Waals surface area contributed by atoms with Gasteiger partial charge in [0.1, 0.15) is 0 Å². The first-order chi connectivity index (χ1) is 10.1. The first kappa shape index (κ1) is 18.9. The number of nitrogens with zero attached hydrogens (tertiary/aromatic N) is 1. The van der Waals surface area contributed by atoms with Crippen molar-refractivity contribution in [3.8, 4) is 0 Å². The number of morpholine rings is 1. The van der Waals surface area contributed by atoms with Crippen LogP contribution in [0.5, 0.6) is 0 Å². The number of rotatable bonds is 11. The number of unbranched alkanes of at least 4 members (excludes halogenated alkanes) is 2. The number of nitrogens with one attached hydrogen (secondary N) is 1. The molecule has 1 heterocycles. The minimum Gasteiger partial charge on any atom is -0.376 e. The lowest BCUT2D eigenvalue weighted by Crippen LogP contribution is -2.43. The van der Waals surface area contributed by atoms with E-state index in [0.29, 0.717) is 12.1 Å². The zero-order chi connectivity index (χ0) is 15.5. The minimum absolute atomic E-state index is 0.480. The molecule has 0 amide bonds. The molecule has 0 spiro atoms. The fourth-order valence-corrected chi connectivity index (χ4v) is 2.83. The molecule has 0 bridgehead atoms. The lowest BCUT2D eigenvalue weighted by molar-refractivity contribution is -0.0341. The van der Waals surface area contributed by atoms with E-state index in [2.05, 4.69) is 37.9 Å². The van der Waals surface area contributed by atoms with Gasteiger partial charge < -0.3 is 10.1 Å². The maximum Gasteiger partial charge on any atom is 0.0702 e. The summed E-state index contributed by atoms with van der Waals surface area (Å²) in [5.41, 5.74) is 0. The quantitative estimate of drug-likeness (QED) is 0.589. The summed E-state index contributed by atoms with van der Waals surface area (Å²) in [5, 5.41) is 3.48. The van der Waals surface area contributed by atoms with Crippen LogP contribution in [0.3, 0.4) is 0 Å². The van der Waals surface area contributed by atoms with Crippen molar-refractivity contribution in [1.82, 2.24) is 10.2 Å². The third-order valence-electron chi connectivity index (χ3n) is 4.61. The van der Waals surface area contributed by atoms with Crippen LogP contribution in [0.1, 0.15) is 66.2 Å². The largest absolute Gasteiger partial charge is 0.376 e. The highest BCUT2D eigenvalue weighted by atomic mass is 16.5. The van der Waals surface area contributed by atoms with Gasteiger partial charge in [0.05, 0.1) is 12.7 Å². The average Bonchev–Trinajstić information content (AvgIpc) is 2.48. The lowest BCUT2D eigenvalue weighted by Gasteiger charge is -2.33. The predicted molar refractivity (Wildman–Crippen MR) is 91.9 cm³/mol. The second kappa shape index (κ2) is 11.4. The highest BCUT2D eigenvalue weighted by molar-refractivity contribution is 4.72. The Morgan fingerprint density at radius 2 is 2.00 bits per heavy atom. The van der Waals surface area contributed by atoms with E-state index in [0.717, 1.165) is 32.2 Å². The average molecular weight is 299 g/mol. The van der Waals surface area contributed by atoms with Gasteiger partial charge in [0, 0.05) is 19.1 Å². The molecule has 0 radical (unpaired) electrons. The molecule has 3 heteroatoms. The van der Waals surface area contributed by atoms with Crippen molar-refractivity contribution in [1.29, 1.82) is 0 Å². The van der Waals surface area contributed by atoms with Gasteiger partial charge in [0.25, 0.3) is 0 Å². The highest BCUT2D eigenvalue weighted by Crippen LogP contribution is 2.15. The van der Waals surface area contributed by atoms with Gasteiger partial charge in [-0.3, -0.25) is 4.90 Å². The van der Waals surface area contributed by atoms with Crippen molar-refractivity contribution in [2.24, 2.45) is 5.92 Å². The monoisotopic (exact) mass is 298 g/mol. The SMILES string of the molecule is CCC(C)CCN1CCOC(CCCCCNC(C)C)C1. The number of hydrogen-bond acceptors (Lipinski definition) is 3. The Hall–Kier alpha value is -0.120. The van der Waals surface area contributed by atoms with E-state index in [-0.39, 0.29) is 0 Å². The van der Waals surface area contributed by atoms with Gasteiger partial charge in [-0.05, 0) is 38.3 Å². The fourth-order valence-electron chi connectivity index (χ4n) is 2.83.